The van der Waals surface area contributed by atoms with E-state index in [-0.39, 0.29) is 18.9 Å². The second kappa shape index (κ2) is 5.71. The van der Waals surface area contributed by atoms with Crippen molar-refractivity contribution in [3.05, 3.63) is 27.8 Å². The first-order valence-electron chi connectivity index (χ1n) is 4.80. The number of ether oxygens (including phenoxy) is 1. The van der Waals surface area contributed by atoms with Crippen molar-refractivity contribution in [2.75, 3.05) is 13.7 Å². The van der Waals surface area contributed by atoms with E-state index in [2.05, 4.69) is 27.7 Å². The third-order valence-corrected chi connectivity index (χ3v) is 3.15. The summed E-state index contributed by atoms with van der Waals surface area (Å²) in [6, 6.07) is 0. The first-order chi connectivity index (χ1) is 6.09. The molecule has 1 nitrogen and oxygen atoms in total. The predicted octanol–water partition coefficient (Wildman–Crippen LogP) is -0.168. The molecule has 0 fully saturated rings. The summed E-state index contributed by atoms with van der Waals surface area (Å²) in [7, 11) is 1.76. The van der Waals surface area contributed by atoms with Crippen LogP contribution >= 0.6 is 0 Å². The first-order valence-corrected chi connectivity index (χ1v) is 4.80. The molecule has 0 aliphatic heterocycles. The number of hydrogen-bond donors (Lipinski definition) is 0. The normalized spacial score (nSPS) is 10.1. The van der Waals surface area contributed by atoms with Gasteiger partial charge in [-0.2, -0.15) is 22.3 Å². The number of rotatable bonds is 3. The number of hydrogen-bond acceptors (Lipinski definition) is 1. The van der Waals surface area contributed by atoms with E-state index >= 15 is 0 Å². The molecule has 0 atom stereocenters. The van der Waals surface area contributed by atoms with Crippen LogP contribution in [-0.2, 0) is 11.2 Å². The van der Waals surface area contributed by atoms with E-state index in [1.54, 1.807) is 7.11 Å². The van der Waals surface area contributed by atoms with Crippen molar-refractivity contribution in [3.8, 4) is 0 Å². The molecule has 0 aromatic heterocycles. The van der Waals surface area contributed by atoms with Gasteiger partial charge in [0.05, 0.1) is 0 Å². The molecule has 0 saturated heterocycles. The van der Waals surface area contributed by atoms with Gasteiger partial charge in [-0.25, -0.2) is 0 Å². The van der Waals surface area contributed by atoms with Gasteiger partial charge in [-0.1, -0.05) is 27.7 Å². The van der Waals surface area contributed by atoms with Gasteiger partial charge in [-0.05, 0) is 6.42 Å². The minimum Gasteiger partial charge on any atom is -0.385 e. The summed E-state index contributed by atoms with van der Waals surface area (Å²) < 4.78 is 5.10. The minimum atomic E-state index is 0. The van der Waals surface area contributed by atoms with Crippen molar-refractivity contribution < 1.29 is 23.6 Å². The molecule has 0 saturated carbocycles. The van der Waals surface area contributed by atoms with E-state index in [9.17, 15) is 0 Å². The van der Waals surface area contributed by atoms with E-state index in [0.29, 0.717) is 0 Å². The average Bonchev–Trinajstić information content (AvgIpc) is 2.30. The molecule has 1 rings (SSSR count). The van der Waals surface area contributed by atoms with Crippen molar-refractivity contribution in [1.29, 1.82) is 0 Å². The van der Waals surface area contributed by atoms with Crippen LogP contribution in [0.15, 0.2) is 0 Å². The average molecular weight is 186 g/mol. The molecule has 74 valence electrons. The molecule has 0 bridgehead atoms. The molecule has 14 heavy (non-hydrogen) atoms. The summed E-state index contributed by atoms with van der Waals surface area (Å²) in [5, 5.41) is 0. The standard InChI is InChI=1S/C12H19O.Li/c1-8-9(2)11(4)12(10(8)3)6-7-13-5;/h6-7H2,1-5H3;/q-1;+1. The second-order valence-electron chi connectivity index (χ2n) is 3.72. The Morgan fingerprint density at radius 1 is 1.00 bits per heavy atom. The molecule has 1 aromatic carbocycles. The monoisotopic (exact) mass is 186 g/mol. The van der Waals surface area contributed by atoms with E-state index < -0.39 is 0 Å². The molecule has 0 aliphatic rings. The van der Waals surface area contributed by atoms with Crippen LogP contribution in [0.4, 0.5) is 0 Å². The summed E-state index contributed by atoms with van der Waals surface area (Å²) in [5.41, 5.74) is 7.28. The predicted molar refractivity (Wildman–Crippen MR) is 56.6 cm³/mol. The van der Waals surface area contributed by atoms with Gasteiger partial charge >= 0.3 is 18.9 Å². The molecule has 2 heteroatoms. The van der Waals surface area contributed by atoms with Gasteiger partial charge in [0, 0.05) is 13.7 Å². The Bertz CT molecular complexity index is 274. The fraction of sp³-hybridized carbons (Fsp3) is 0.583. The Hall–Kier alpha value is -0.0926. The Kier molecular flexibility index (Phi) is 5.67. The van der Waals surface area contributed by atoms with Gasteiger partial charge in [-0.15, -0.1) is 5.56 Å². The zero-order valence-electron chi connectivity index (χ0n) is 10.3. The SMILES string of the molecule is COCC[c-]1c(C)c(C)c(C)c1C.[Li+]. The number of methoxy groups -OCH3 is 1. The Morgan fingerprint density at radius 3 is 1.79 bits per heavy atom. The molecule has 0 unspecified atom stereocenters. The van der Waals surface area contributed by atoms with Crippen molar-refractivity contribution in [2.45, 2.75) is 34.1 Å². The largest absolute Gasteiger partial charge is 1.00 e. The maximum atomic E-state index is 5.10. The topological polar surface area (TPSA) is 9.23 Å². The third-order valence-electron chi connectivity index (χ3n) is 3.15. The fourth-order valence-corrected chi connectivity index (χ4v) is 1.88. The van der Waals surface area contributed by atoms with Crippen LogP contribution in [0.5, 0.6) is 0 Å². The van der Waals surface area contributed by atoms with Crippen LogP contribution in [-0.4, -0.2) is 13.7 Å². The van der Waals surface area contributed by atoms with Crippen molar-refractivity contribution in [1.82, 2.24) is 0 Å². The Balaban J connectivity index is 0.00000169. The molecular formula is C12H19LiO. The third kappa shape index (κ3) is 2.48. The van der Waals surface area contributed by atoms with E-state index in [1.807, 2.05) is 0 Å². The summed E-state index contributed by atoms with van der Waals surface area (Å²) in [6.07, 6.45) is 1.04. The van der Waals surface area contributed by atoms with Crippen LogP contribution in [0.3, 0.4) is 0 Å². The maximum Gasteiger partial charge on any atom is 1.00 e. The van der Waals surface area contributed by atoms with E-state index in [0.717, 1.165) is 13.0 Å². The molecule has 0 N–H and O–H groups in total. The molecule has 1 aromatic rings. The van der Waals surface area contributed by atoms with Crippen LogP contribution in [0.25, 0.3) is 0 Å². The molecular weight excluding hydrogens is 167 g/mol. The van der Waals surface area contributed by atoms with Crippen LogP contribution < -0.4 is 18.9 Å². The van der Waals surface area contributed by atoms with Gasteiger partial charge in [0.1, 0.15) is 0 Å². The minimum absolute atomic E-state index is 0. The summed E-state index contributed by atoms with van der Waals surface area (Å²) in [5.74, 6) is 0. The van der Waals surface area contributed by atoms with Crippen molar-refractivity contribution >= 4 is 0 Å². The fourth-order valence-electron chi connectivity index (χ4n) is 1.88. The van der Waals surface area contributed by atoms with Crippen LogP contribution in [0.1, 0.15) is 27.8 Å². The van der Waals surface area contributed by atoms with Gasteiger partial charge < -0.3 is 4.74 Å². The van der Waals surface area contributed by atoms with Crippen LogP contribution in [0.2, 0.25) is 0 Å². The summed E-state index contributed by atoms with van der Waals surface area (Å²) >= 11 is 0. The summed E-state index contributed by atoms with van der Waals surface area (Å²) in [6.45, 7) is 9.65. The molecule has 0 spiro atoms. The molecule has 0 heterocycles. The first kappa shape index (κ1) is 13.9. The van der Waals surface area contributed by atoms with E-state index in [1.165, 1.54) is 27.8 Å². The van der Waals surface area contributed by atoms with Gasteiger partial charge in [-0.3, -0.25) is 0 Å². The van der Waals surface area contributed by atoms with Crippen molar-refractivity contribution in [3.63, 3.8) is 0 Å². The van der Waals surface area contributed by atoms with Gasteiger partial charge in [0.2, 0.25) is 0 Å². The van der Waals surface area contributed by atoms with Crippen LogP contribution in [0, 0.1) is 27.7 Å². The molecule has 0 amide bonds. The maximum absolute atomic E-state index is 5.10. The zero-order chi connectivity index (χ0) is 10.0. The second-order valence-corrected chi connectivity index (χ2v) is 3.72. The zero-order valence-corrected chi connectivity index (χ0v) is 10.3. The Morgan fingerprint density at radius 2 is 1.43 bits per heavy atom. The Labute approximate surface area is 99.4 Å². The van der Waals surface area contributed by atoms with Crippen molar-refractivity contribution in [2.24, 2.45) is 0 Å². The molecule has 0 radical (unpaired) electrons. The quantitative estimate of drug-likeness (QED) is 0.470. The summed E-state index contributed by atoms with van der Waals surface area (Å²) in [4.78, 5) is 0. The van der Waals surface area contributed by atoms with E-state index in [4.69, 9.17) is 4.74 Å². The molecule has 0 aliphatic carbocycles. The smallest absolute Gasteiger partial charge is 0.385 e. The van der Waals surface area contributed by atoms with Gasteiger partial charge in [0.25, 0.3) is 0 Å². The van der Waals surface area contributed by atoms with Gasteiger partial charge in [0.15, 0.2) is 0 Å².